The van der Waals surface area contributed by atoms with Gasteiger partial charge in [0.2, 0.25) is 0 Å². The third kappa shape index (κ3) is 3.78. The Morgan fingerprint density at radius 2 is 1.60 bits per heavy atom. The molecule has 0 heterocycles. The first-order chi connectivity index (χ1) is 12.0. The molecular weight excluding hydrogens is 312 g/mol. The minimum absolute atomic E-state index is 0.314. The van der Waals surface area contributed by atoms with Crippen molar-refractivity contribution in [2.24, 2.45) is 0 Å². The Hall–Kier alpha value is -2.10. The number of hydrogen-bond donors (Lipinski definition) is 0. The van der Waals surface area contributed by atoms with Crippen molar-refractivity contribution in [3.8, 4) is 16.9 Å². The zero-order valence-corrected chi connectivity index (χ0v) is 15.6. The van der Waals surface area contributed by atoms with Crippen molar-refractivity contribution in [1.82, 2.24) is 0 Å². The first-order valence-electron chi connectivity index (χ1n) is 8.80. The van der Waals surface area contributed by atoms with Crippen molar-refractivity contribution < 1.29 is 14.2 Å². The molecule has 0 spiro atoms. The lowest BCUT2D eigenvalue weighted by molar-refractivity contribution is -0.192. The molecule has 0 aliphatic heterocycles. The maximum Gasteiger partial charge on any atom is 0.199 e. The lowest BCUT2D eigenvalue weighted by atomic mass is 10.0. The second kappa shape index (κ2) is 7.42. The van der Waals surface area contributed by atoms with E-state index < -0.39 is 6.29 Å². The molecule has 0 amide bonds. The van der Waals surface area contributed by atoms with Gasteiger partial charge in [-0.1, -0.05) is 50.2 Å². The highest BCUT2D eigenvalue weighted by Crippen LogP contribution is 2.41. The van der Waals surface area contributed by atoms with E-state index in [1.807, 2.05) is 13.8 Å². The third-order valence-corrected chi connectivity index (χ3v) is 4.50. The second-order valence-corrected chi connectivity index (χ2v) is 6.68. The number of fused-ring (bicyclic) bond motifs is 3. The summed E-state index contributed by atoms with van der Waals surface area (Å²) in [4.78, 5) is 0. The quantitative estimate of drug-likeness (QED) is 0.531. The fourth-order valence-corrected chi connectivity index (χ4v) is 3.11. The molecule has 0 aromatic heterocycles. The summed E-state index contributed by atoms with van der Waals surface area (Å²) in [5.41, 5.74) is 3.61. The molecule has 2 aliphatic rings. The largest absolute Gasteiger partial charge is 0.464 e. The first-order valence-corrected chi connectivity index (χ1v) is 8.80. The Morgan fingerprint density at radius 1 is 0.840 bits per heavy atom. The molecule has 0 saturated carbocycles. The lowest BCUT2D eigenvalue weighted by Crippen LogP contribution is -2.23. The van der Waals surface area contributed by atoms with Crippen molar-refractivity contribution in [2.75, 3.05) is 7.11 Å². The van der Waals surface area contributed by atoms with E-state index in [1.54, 1.807) is 7.11 Å². The zero-order valence-electron chi connectivity index (χ0n) is 15.6. The van der Waals surface area contributed by atoms with E-state index in [0.29, 0.717) is 5.92 Å². The molecule has 0 fully saturated rings. The van der Waals surface area contributed by atoms with Crippen molar-refractivity contribution in [3.63, 3.8) is 0 Å². The minimum atomic E-state index is -0.406. The molecule has 3 nitrogen and oxygen atoms in total. The van der Waals surface area contributed by atoms with Gasteiger partial charge in [-0.25, -0.2) is 0 Å². The number of rotatable bonds is 6. The topological polar surface area (TPSA) is 27.7 Å². The summed E-state index contributed by atoms with van der Waals surface area (Å²) in [7, 11) is 1.62. The van der Waals surface area contributed by atoms with Crippen LogP contribution in [0.1, 0.15) is 39.2 Å². The fraction of sp³-hybridized carbons (Fsp3) is 0.364. The number of benzene rings is 1. The monoisotopic (exact) mass is 338 g/mol. The Labute approximate surface area is 149 Å². The highest BCUT2D eigenvalue weighted by Gasteiger charge is 2.18. The van der Waals surface area contributed by atoms with E-state index in [1.165, 1.54) is 21.9 Å². The molecule has 0 N–H and O–H groups in total. The van der Waals surface area contributed by atoms with Gasteiger partial charge >= 0.3 is 0 Å². The van der Waals surface area contributed by atoms with Gasteiger partial charge in [0, 0.05) is 12.7 Å². The Bertz CT molecular complexity index is 825. The summed E-state index contributed by atoms with van der Waals surface area (Å²) in [6, 6.07) is 17.1. The van der Waals surface area contributed by atoms with E-state index in [-0.39, 0.29) is 6.29 Å². The van der Waals surface area contributed by atoms with Crippen LogP contribution in [-0.2, 0) is 9.47 Å². The van der Waals surface area contributed by atoms with Crippen LogP contribution in [0.15, 0.2) is 48.5 Å². The standard InChI is InChI=1S/C22H26O3/c1-14(2)17-10-11-21(25-16(4)24-15(3)23-5)22-19(12-17)13-18-8-6-7-9-20(18)22/h6-16H,1-5H3. The average Bonchev–Trinajstić information content (AvgIpc) is 2.85. The highest BCUT2D eigenvalue weighted by atomic mass is 16.8. The van der Waals surface area contributed by atoms with Gasteiger partial charge in [0.05, 0.1) is 0 Å². The second-order valence-electron chi connectivity index (χ2n) is 6.68. The van der Waals surface area contributed by atoms with Crippen molar-refractivity contribution in [2.45, 2.75) is 46.2 Å². The molecule has 0 saturated heterocycles. The molecule has 2 aliphatic carbocycles. The Kier molecular flexibility index (Phi) is 5.26. The summed E-state index contributed by atoms with van der Waals surface area (Å²) < 4.78 is 17.0. The number of ether oxygens (including phenoxy) is 3. The van der Waals surface area contributed by atoms with Crippen LogP contribution in [0.3, 0.4) is 0 Å². The predicted molar refractivity (Wildman–Crippen MR) is 102 cm³/mol. The molecule has 2 atom stereocenters. The molecule has 1 aromatic carbocycles. The van der Waals surface area contributed by atoms with Gasteiger partial charge in [0.15, 0.2) is 12.6 Å². The molecule has 2 unspecified atom stereocenters. The predicted octanol–water partition coefficient (Wildman–Crippen LogP) is 5.80. The normalized spacial score (nSPS) is 14.2. The summed E-state index contributed by atoms with van der Waals surface area (Å²) in [5, 5.41) is 2.42. The van der Waals surface area contributed by atoms with E-state index in [4.69, 9.17) is 14.2 Å². The van der Waals surface area contributed by atoms with Gasteiger partial charge in [-0.05, 0) is 53.8 Å². The number of hydrogen-bond acceptors (Lipinski definition) is 3. The third-order valence-electron chi connectivity index (χ3n) is 4.50. The van der Waals surface area contributed by atoms with E-state index >= 15 is 0 Å². The Balaban J connectivity index is 2.10. The van der Waals surface area contributed by atoms with E-state index in [9.17, 15) is 0 Å². The van der Waals surface area contributed by atoms with Crippen LogP contribution in [0.4, 0.5) is 0 Å². The van der Waals surface area contributed by atoms with Crippen LogP contribution >= 0.6 is 0 Å². The van der Waals surface area contributed by atoms with Crippen LogP contribution in [0, 0.1) is 0 Å². The van der Waals surface area contributed by atoms with E-state index in [0.717, 1.165) is 11.3 Å². The van der Waals surface area contributed by atoms with E-state index in [2.05, 4.69) is 62.4 Å². The van der Waals surface area contributed by atoms with Gasteiger partial charge in [-0.15, -0.1) is 0 Å². The van der Waals surface area contributed by atoms with Crippen molar-refractivity contribution in [1.29, 1.82) is 0 Å². The summed E-state index contributed by atoms with van der Waals surface area (Å²) in [6.45, 7) is 8.16. The van der Waals surface area contributed by atoms with Gasteiger partial charge in [0.1, 0.15) is 5.75 Å². The SMILES string of the molecule is COC(C)OC(C)Oc1ccc(C(C)C)cc2cc3ccccc3c1-2. The molecule has 132 valence electrons. The fourth-order valence-electron chi connectivity index (χ4n) is 3.11. The lowest BCUT2D eigenvalue weighted by Gasteiger charge is -2.20. The molecule has 0 radical (unpaired) electrons. The van der Waals surface area contributed by atoms with Gasteiger partial charge in [-0.2, -0.15) is 0 Å². The smallest absolute Gasteiger partial charge is 0.199 e. The van der Waals surface area contributed by atoms with Crippen LogP contribution in [-0.4, -0.2) is 19.7 Å². The Morgan fingerprint density at radius 3 is 2.32 bits per heavy atom. The van der Waals surface area contributed by atoms with Gasteiger partial charge in [0.25, 0.3) is 0 Å². The van der Waals surface area contributed by atoms with Crippen LogP contribution in [0.25, 0.3) is 21.9 Å². The minimum Gasteiger partial charge on any atom is -0.464 e. The molecule has 3 heteroatoms. The summed E-state index contributed by atoms with van der Waals surface area (Å²) >= 11 is 0. The molecule has 25 heavy (non-hydrogen) atoms. The summed E-state index contributed by atoms with van der Waals surface area (Å²) in [6.07, 6.45) is -0.720. The van der Waals surface area contributed by atoms with Crippen molar-refractivity contribution >= 4 is 10.8 Å². The molecular formula is C22H26O3. The van der Waals surface area contributed by atoms with Gasteiger partial charge < -0.3 is 14.2 Å². The first kappa shape index (κ1) is 17.7. The van der Waals surface area contributed by atoms with Crippen LogP contribution < -0.4 is 4.74 Å². The van der Waals surface area contributed by atoms with Crippen LogP contribution in [0.2, 0.25) is 0 Å². The number of methoxy groups -OCH3 is 1. The maximum absolute atomic E-state index is 6.16. The molecule has 0 bridgehead atoms. The average molecular weight is 338 g/mol. The maximum atomic E-state index is 6.16. The molecule has 3 rings (SSSR count). The highest BCUT2D eigenvalue weighted by molar-refractivity contribution is 6.04. The van der Waals surface area contributed by atoms with Gasteiger partial charge in [-0.3, -0.25) is 0 Å². The zero-order chi connectivity index (χ0) is 18.0. The molecule has 1 aromatic rings. The van der Waals surface area contributed by atoms with Crippen molar-refractivity contribution in [3.05, 3.63) is 54.1 Å². The summed E-state index contributed by atoms with van der Waals surface area (Å²) in [5.74, 6) is 1.28. The van der Waals surface area contributed by atoms with Crippen LogP contribution in [0.5, 0.6) is 5.75 Å².